The smallest absolute Gasteiger partial charge is 0.410 e. The van der Waals surface area contributed by atoms with Crippen LogP contribution in [0.25, 0.3) is 0 Å². The summed E-state index contributed by atoms with van der Waals surface area (Å²) in [5, 5.41) is 0.526. The second-order valence-electron chi connectivity index (χ2n) is 7.35. The van der Waals surface area contributed by atoms with Crippen LogP contribution in [-0.2, 0) is 9.47 Å². The third kappa shape index (κ3) is 4.15. The van der Waals surface area contributed by atoms with E-state index in [0.29, 0.717) is 24.2 Å². The molecular weight excluding hydrogens is 316 g/mol. The molecule has 1 aliphatic carbocycles. The van der Waals surface area contributed by atoms with Crippen LogP contribution < -0.4 is 0 Å². The molecule has 1 aromatic rings. The molecule has 0 N–H and O–H groups in total. The van der Waals surface area contributed by atoms with Gasteiger partial charge in [0.05, 0.1) is 25.3 Å². The largest absolute Gasteiger partial charge is 0.444 e. The van der Waals surface area contributed by atoms with Crippen LogP contribution in [0, 0.1) is 0 Å². The minimum atomic E-state index is -0.448. The summed E-state index contributed by atoms with van der Waals surface area (Å²) >= 11 is 5.80. The number of nitrogens with zero attached hydrogens (tertiary/aromatic N) is 2. The first-order chi connectivity index (χ1) is 10.8. The van der Waals surface area contributed by atoms with Crippen molar-refractivity contribution < 1.29 is 14.3 Å². The van der Waals surface area contributed by atoms with Gasteiger partial charge in [-0.1, -0.05) is 17.7 Å². The lowest BCUT2D eigenvalue weighted by Gasteiger charge is -2.44. The lowest BCUT2D eigenvalue weighted by atomic mass is 9.78. The zero-order valence-corrected chi connectivity index (χ0v) is 14.5. The molecule has 23 heavy (non-hydrogen) atoms. The number of aromatic nitrogens is 1. The van der Waals surface area contributed by atoms with Crippen molar-refractivity contribution in [1.29, 1.82) is 0 Å². The second kappa shape index (κ2) is 6.29. The van der Waals surface area contributed by atoms with Crippen LogP contribution in [0.5, 0.6) is 0 Å². The van der Waals surface area contributed by atoms with Crippen molar-refractivity contribution in [2.45, 2.75) is 57.3 Å². The first kappa shape index (κ1) is 16.5. The molecule has 1 aromatic heterocycles. The van der Waals surface area contributed by atoms with E-state index in [9.17, 15) is 4.79 Å². The molecule has 2 fully saturated rings. The molecule has 0 bridgehead atoms. The highest BCUT2D eigenvalue weighted by atomic mass is 35.5. The standard InChI is InChI=1S/C17H23ClN2O3/c1-17(2,3)23-16(21)20-9-14(10-20)22-13-6-12(7-13)11-4-5-15(18)19-8-11/h4-5,8,12-14H,6-7,9-10H2,1-3H3. The minimum Gasteiger partial charge on any atom is -0.444 e. The Hall–Kier alpha value is -1.33. The van der Waals surface area contributed by atoms with Crippen molar-refractivity contribution >= 4 is 17.7 Å². The third-order valence-electron chi connectivity index (χ3n) is 4.20. The van der Waals surface area contributed by atoms with Gasteiger partial charge in [-0.25, -0.2) is 9.78 Å². The van der Waals surface area contributed by atoms with Gasteiger partial charge in [0.2, 0.25) is 0 Å². The lowest BCUT2D eigenvalue weighted by Crippen LogP contribution is -2.57. The fourth-order valence-electron chi connectivity index (χ4n) is 2.85. The molecule has 6 heteroatoms. The highest BCUT2D eigenvalue weighted by molar-refractivity contribution is 6.29. The van der Waals surface area contributed by atoms with Crippen LogP contribution in [0.3, 0.4) is 0 Å². The van der Waals surface area contributed by atoms with Crippen LogP contribution in [0.4, 0.5) is 4.79 Å². The molecule has 0 atom stereocenters. The molecule has 1 saturated carbocycles. The Bertz CT molecular complexity index is 558. The Balaban J connectivity index is 1.36. The number of hydrogen-bond acceptors (Lipinski definition) is 4. The number of hydrogen-bond donors (Lipinski definition) is 0. The molecule has 1 amide bonds. The average Bonchev–Trinajstić information content (AvgIpc) is 2.34. The van der Waals surface area contributed by atoms with Gasteiger partial charge in [-0.3, -0.25) is 0 Å². The highest BCUT2D eigenvalue weighted by Gasteiger charge is 2.39. The van der Waals surface area contributed by atoms with Gasteiger partial charge in [0, 0.05) is 6.20 Å². The van der Waals surface area contributed by atoms with E-state index < -0.39 is 5.60 Å². The number of halogens is 1. The molecule has 2 heterocycles. The Kier molecular flexibility index (Phi) is 4.52. The van der Waals surface area contributed by atoms with Gasteiger partial charge < -0.3 is 14.4 Å². The van der Waals surface area contributed by atoms with Crippen LogP contribution in [0.2, 0.25) is 5.15 Å². The number of likely N-dealkylation sites (tertiary alicyclic amines) is 1. The van der Waals surface area contributed by atoms with E-state index in [1.807, 2.05) is 39.1 Å². The third-order valence-corrected chi connectivity index (χ3v) is 4.42. The average molecular weight is 339 g/mol. The van der Waals surface area contributed by atoms with E-state index in [-0.39, 0.29) is 18.3 Å². The quantitative estimate of drug-likeness (QED) is 0.790. The Morgan fingerprint density at radius 3 is 2.52 bits per heavy atom. The molecule has 3 rings (SSSR count). The summed E-state index contributed by atoms with van der Waals surface area (Å²) in [6.45, 7) is 6.87. The van der Waals surface area contributed by atoms with E-state index in [1.165, 1.54) is 5.56 Å². The van der Waals surface area contributed by atoms with Crippen LogP contribution >= 0.6 is 11.6 Å². The van der Waals surface area contributed by atoms with Crippen molar-refractivity contribution in [1.82, 2.24) is 9.88 Å². The van der Waals surface area contributed by atoms with E-state index in [0.717, 1.165) is 12.8 Å². The van der Waals surface area contributed by atoms with Crippen molar-refractivity contribution in [3.05, 3.63) is 29.0 Å². The van der Waals surface area contributed by atoms with Crippen molar-refractivity contribution in [2.24, 2.45) is 0 Å². The van der Waals surface area contributed by atoms with Gasteiger partial charge in [0.15, 0.2) is 0 Å². The summed E-state index contributed by atoms with van der Waals surface area (Å²) in [6, 6.07) is 3.86. The Morgan fingerprint density at radius 1 is 1.26 bits per heavy atom. The molecule has 1 aliphatic heterocycles. The first-order valence-electron chi connectivity index (χ1n) is 8.05. The van der Waals surface area contributed by atoms with E-state index in [1.54, 1.807) is 4.90 Å². The Morgan fingerprint density at radius 2 is 1.96 bits per heavy atom. The number of rotatable bonds is 3. The van der Waals surface area contributed by atoms with Crippen molar-refractivity contribution in [2.75, 3.05) is 13.1 Å². The maximum absolute atomic E-state index is 11.9. The molecule has 0 aromatic carbocycles. The predicted octanol–water partition coefficient (Wildman–Crippen LogP) is 3.62. The predicted molar refractivity (Wildman–Crippen MR) is 87.7 cm³/mol. The molecule has 1 saturated heterocycles. The van der Waals surface area contributed by atoms with Gasteiger partial charge >= 0.3 is 6.09 Å². The number of carbonyl (C=O) groups is 1. The summed E-state index contributed by atoms with van der Waals surface area (Å²) in [4.78, 5) is 17.7. The number of carbonyl (C=O) groups excluding carboxylic acids is 1. The van der Waals surface area contributed by atoms with Crippen LogP contribution in [0.1, 0.15) is 45.1 Å². The number of amides is 1. The molecule has 0 spiro atoms. The van der Waals surface area contributed by atoms with E-state index in [2.05, 4.69) is 4.98 Å². The van der Waals surface area contributed by atoms with Gasteiger partial charge in [-0.2, -0.15) is 0 Å². The summed E-state index contributed by atoms with van der Waals surface area (Å²) in [5.41, 5.74) is 0.773. The minimum absolute atomic E-state index is 0.136. The SMILES string of the molecule is CC(C)(C)OC(=O)N1CC(OC2CC(c3ccc(Cl)nc3)C2)C1. The molecule has 126 valence electrons. The molecule has 2 aliphatic rings. The van der Waals surface area contributed by atoms with Crippen molar-refractivity contribution in [3.63, 3.8) is 0 Å². The molecular formula is C17H23ClN2O3. The summed E-state index contributed by atoms with van der Waals surface area (Å²) in [5.74, 6) is 0.506. The summed E-state index contributed by atoms with van der Waals surface area (Å²) < 4.78 is 11.3. The Labute approximate surface area is 141 Å². The zero-order valence-electron chi connectivity index (χ0n) is 13.8. The van der Waals surface area contributed by atoms with Gasteiger partial charge in [-0.05, 0) is 51.2 Å². The lowest BCUT2D eigenvalue weighted by molar-refractivity contribution is -0.119. The first-order valence-corrected chi connectivity index (χ1v) is 8.43. The maximum atomic E-state index is 11.9. The van der Waals surface area contributed by atoms with Gasteiger partial charge in [-0.15, -0.1) is 0 Å². The highest BCUT2D eigenvalue weighted by Crippen LogP contribution is 2.39. The van der Waals surface area contributed by atoms with E-state index in [4.69, 9.17) is 21.1 Å². The topological polar surface area (TPSA) is 51.7 Å². The fourth-order valence-corrected chi connectivity index (χ4v) is 2.96. The molecule has 5 nitrogen and oxygen atoms in total. The number of pyridine rings is 1. The second-order valence-corrected chi connectivity index (χ2v) is 7.74. The summed E-state index contributed by atoms with van der Waals surface area (Å²) in [6.07, 6.45) is 4.02. The maximum Gasteiger partial charge on any atom is 0.410 e. The van der Waals surface area contributed by atoms with E-state index >= 15 is 0 Å². The van der Waals surface area contributed by atoms with Crippen LogP contribution in [0.15, 0.2) is 18.3 Å². The normalized spacial score (nSPS) is 24.8. The van der Waals surface area contributed by atoms with Crippen molar-refractivity contribution in [3.8, 4) is 0 Å². The van der Waals surface area contributed by atoms with Gasteiger partial charge in [0.25, 0.3) is 0 Å². The van der Waals surface area contributed by atoms with Gasteiger partial charge in [0.1, 0.15) is 10.8 Å². The monoisotopic (exact) mass is 338 g/mol. The molecule has 0 radical (unpaired) electrons. The number of ether oxygens (including phenoxy) is 2. The van der Waals surface area contributed by atoms with Crippen LogP contribution in [-0.4, -0.2) is 46.9 Å². The summed E-state index contributed by atoms with van der Waals surface area (Å²) in [7, 11) is 0. The molecule has 0 unspecified atom stereocenters. The fraction of sp³-hybridized carbons (Fsp3) is 0.647. The zero-order chi connectivity index (χ0) is 16.6.